The third kappa shape index (κ3) is 15.8. The van der Waals surface area contributed by atoms with Crippen LogP contribution in [0.4, 0.5) is 0 Å². The van der Waals surface area contributed by atoms with Crippen molar-refractivity contribution in [2.45, 2.75) is 12.1 Å². The van der Waals surface area contributed by atoms with Crippen molar-refractivity contribution in [3.05, 3.63) is 95.1 Å². The first-order chi connectivity index (χ1) is 33.7. The number of benzene rings is 4. The summed E-state index contributed by atoms with van der Waals surface area (Å²) >= 11 is 5.90. The molecule has 6 rings (SSSR count). The molecule has 0 saturated carbocycles. The van der Waals surface area contributed by atoms with Crippen LogP contribution in [0.3, 0.4) is 0 Å². The van der Waals surface area contributed by atoms with Crippen molar-refractivity contribution in [1.29, 1.82) is 0 Å². The predicted octanol–water partition coefficient (Wildman–Crippen LogP) is 6.76. The van der Waals surface area contributed by atoms with Gasteiger partial charge in [-0.2, -0.15) is 0 Å². The molecule has 69 heavy (non-hydrogen) atoms. The molecule has 2 heterocycles. The van der Waals surface area contributed by atoms with Crippen LogP contribution in [0.5, 0.6) is 34.5 Å². The Bertz CT molecular complexity index is 2960. The summed E-state index contributed by atoms with van der Waals surface area (Å²) in [4.78, 5) is 0.348. The number of thiocarbonyl (C=S) groups is 1. The van der Waals surface area contributed by atoms with Crippen molar-refractivity contribution in [2.24, 2.45) is 11.5 Å². The molecule has 2 aliphatic heterocycles. The summed E-state index contributed by atoms with van der Waals surface area (Å²) in [6.45, 7) is -0.0235. The minimum absolute atomic E-state index is 0.0117. The zero-order valence-electron chi connectivity index (χ0n) is 36.4. The Morgan fingerprint density at radius 2 is 0.855 bits per heavy atom. The molecule has 2 atom stereocenters. The second kappa shape index (κ2) is 30.0. The van der Waals surface area contributed by atoms with E-state index in [-0.39, 0.29) is 40.8 Å². The maximum atomic E-state index is 6.25. The molecule has 4 aromatic rings. The molecule has 334 valence electrons. The fourth-order valence-electron chi connectivity index (χ4n) is 5.98. The van der Waals surface area contributed by atoms with E-state index in [0.29, 0.717) is 49.6 Å². The van der Waals surface area contributed by atoms with E-state index in [2.05, 4.69) is 117 Å². The summed E-state index contributed by atoms with van der Waals surface area (Å²) in [5.74, 6) is 44.0. The Labute approximate surface area is 427 Å². The number of ether oxygens (including phenoxy) is 6. The Balaban J connectivity index is 0.000000373. The van der Waals surface area contributed by atoms with Gasteiger partial charge in [0.1, 0.15) is 44.8 Å². The van der Waals surface area contributed by atoms with E-state index in [4.69, 9.17) is 97.2 Å². The average Bonchev–Trinajstić information content (AvgIpc) is 4.08. The van der Waals surface area contributed by atoms with E-state index in [9.17, 15) is 0 Å². The van der Waals surface area contributed by atoms with E-state index < -0.39 is 15.8 Å². The number of methoxy groups -OCH3 is 2. The molecule has 4 aromatic carbocycles. The molecule has 0 fully saturated rings. The minimum atomic E-state index is -2.05. The Morgan fingerprint density at radius 3 is 1.14 bits per heavy atom. The molecular formula is C55H34Cl2N2O6P2RuS+4. The van der Waals surface area contributed by atoms with Crippen LogP contribution >= 0.6 is 47.4 Å². The fourth-order valence-corrected chi connectivity index (χ4v) is 9.46. The Morgan fingerprint density at radius 1 is 0.536 bits per heavy atom. The van der Waals surface area contributed by atoms with E-state index in [1.165, 1.54) is 0 Å². The fraction of sp³-hybridized carbons (Fsp3) is 0.109. The van der Waals surface area contributed by atoms with Crippen LogP contribution in [0.15, 0.2) is 72.8 Å². The van der Waals surface area contributed by atoms with E-state index in [0.717, 1.165) is 22.6 Å². The van der Waals surface area contributed by atoms with Gasteiger partial charge in [-0.3, -0.25) is 0 Å². The van der Waals surface area contributed by atoms with Gasteiger partial charge in [-0.15, -0.1) is 25.7 Å². The second-order valence-corrected chi connectivity index (χ2v) is 19.4. The quantitative estimate of drug-likeness (QED) is 0.0619. The molecule has 4 N–H and O–H groups in total. The zero-order valence-corrected chi connectivity index (χ0v) is 42.5. The summed E-state index contributed by atoms with van der Waals surface area (Å²) in [5.41, 5.74) is 28.0. The number of terminal acetylenes is 4. The Kier molecular flexibility index (Phi) is 23.5. The summed E-state index contributed by atoms with van der Waals surface area (Å²) in [6.07, 6.45) is 21.1. The van der Waals surface area contributed by atoms with Crippen LogP contribution < -0.4 is 50.5 Å². The van der Waals surface area contributed by atoms with E-state index in [1.807, 2.05) is 60.7 Å². The number of halogens is 2. The second-order valence-electron chi connectivity index (χ2n) is 12.7. The molecule has 0 spiro atoms. The van der Waals surface area contributed by atoms with Crippen molar-refractivity contribution >= 4 is 62.9 Å². The molecule has 0 amide bonds. The summed E-state index contributed by atoms with van der Waals surface area (Å²) in [5, 5.41) is 1.38. The first kappa shape index (κ1) is 54.1. The van der Waals surface area contributed by atoms with Crippen molar-refractivity contribution in [3.8, 4) is 178 Å². The maximum absolute atomic E-state index is 6.25. The molecular weight excluding hydrogens is 1050 g/mol. The molecule has 14 heteroatoms. The molecule has 0 saturated heterocycles. The molecule has 0 aliphatic carbocycles. The van der Waals surface area contributed by atoms with Gasteiger partial charge in [0.05, 0.1) is 30.2 Å². The van der Waals surface area contributed by atoms with Crippen LogP contribution in [0.2, 0.25) is 0 Å². The molecule has 2 unspecified atom stereocenters. The standard InChI is InChI=1S/C39H12O4P2S.C16H20N2O2.2ClH.Ru/c1-5-9-13-17-25-44(26-18-14-10-6-2)33-23-21-31-37(42-29-40-31)35(33)39(46)36-34(24-22-32-38(36)43-30-41-32)45(27-19-15-11-7-3)28-20-16-12-8-4;1-19-13-7-3-11(4-8-13)15(17)16(18)12-5-9-14(20-2)10-6-12;;;/h1-4,21-24H,29-30H2;3-10,15-16H,17-18H2,1-2H3;2*1H;/q;;;;+4. The normalized spacial score (nSPS) is 10.7. The van der Waals surface area contributed by atoms with Gasteiger partial charge in [-0.25, -0.2) is 0 Å². The van der Waals surface area contributed by atoms with Crippen LogP contribution in [0.25, 0.3) is 0 Å². The summed E-state index contributed by atoms with van der Waals surface area (Å²) in [7, 11) is 8.88. The number of rotatable bonds is 9. The average molecular weight is 1080 g/mol. The monoisotopic (exact) mass is 1080 g/mol. The third-order valence-electron chi connectivity index (χ3n) is 9.00. The van der Waals surface area contributed by atoms with Crippen LogP contribution in [-0.4, -0.2) is 32.7 Å². The molecule has 0 radical (unpaired) electrons. The molecule has 2 aliphatic rings. The van der Waals surface area contributed by atoms with E-state index >= 15 is 0 Å². The number of hydrogen-bond donors (Lipinski definition) is 2. The van der Waals surface area contributed by atoms with Gasteiger partial charge in [0.2, 0.25) is 13.6 Å². The van der Waals surface area contributed by atoms with Gasteiger partial charge in [-0.05, 0) is 107 Å². The van der Waals surface area contributed by atoms with Gasteiger partial charge >= 0.3 is 34.5 Å². The van der Waals surface area contributed by atoms with Gasteiger partial charge < -0.3 is 39.9 Å². The van der Waals surface area contributed by atoms with Gasteiger partial charge in [-0.1, -0.05) is 36.5 Å². The van der Waals surface area contributed by atoms with Crippen molar-refractivity contribution < 1.29 is 43.6 Å². The topological polar surface area (TPSA) is 107 Å². The van der Waals surface area contributed by atoms with Crippen LogP contribution in [0.1, 0.15) is 34.3 Å². The predicted molar refractivity (Wildman–Crippen MR) is 281 cm³/mol. The van der Waals surface area contributed by atoms with E-state index in [1.54, 1.807) is 26.4 Å². The van der Waals surface area contributed by atoms with Crippen LogP contribution in [0, 0.1) is 143 Å². The SMILES string of the molecule is C#CC#CC#C[PH+](C#CC#CC#C)c1ccc2c(c1C(=S)c1c([PH+](C#CC#CC#C)C#CC#CC#C)ccc3c1OCO3)OCO2.COc1ccc(C(N)C(N)c2ccc(OC)cc2)cc1.[Cl][Ru+2][Cl]. The Hall–Kier alpha value is -7.53. The number of nitrogens with two attached hydrogens (primary N) is 2. The van der Waals surface area contributed by atoms with Gasteiger partial charge in [0, 0.05) is 59.4 Å². The van der Waals surface area contributed by atoms with Crippen molar-refractivity contribution in [3.63, 3.8) is 0 Å². The summed E-state index contributed by atoms with van der Waals surface area (Å²) in [6, 6.07) is 22.0. The van der Waals surface area contributed by atoms with Gasteiger partial charge in [0.15, 0.2) is 38.8 Å². The zero-order chi connectivity index (χ0) is 49.8. The molecule has 8 nitrogen and oxygen atoms in total. The third-order valence-corrected chi connectivity index (χ3v) is 12.8. The number of fused-ring (bicyclic) bond motifs is 2. The first-order valence-corrected chi connectivity index (χ1v) is 27.2. The molecule has 0 aromatic heterocycles. The van der Waals surface area contributed by atoms with Crippen LogP contribution in [-0.2, 0) is 15.1 Å². The summed E-state index contributed by atoms with van der Waals surface area (Å²) < 4.78 is 33.6. The number of hydrogen-bond acceptors (Lipinski definition) is 9. The van der Waals surface area contributed by atoms with Crippen molar-refractivity contribution in [2.75, 3.05) is 27.8 Å². The molecule has 0 bridgehead atoms. The van der Waals surface area contributed by atoms with Crippen molar-refractivity contribution in [1.82, 2.24) is 0 Å². The first-order valence-electron chi connectivity index (χ1n) is 19.4. The van der Waals surface area contributed by atoms with Gasteiger partial charge in [0.25, 0.3) is 0 Å².